The third kappa shape index (κ3) is 4.16. The maximum Gasteiger partial charge on any atom is 0.251 e. The number of methoxy groups -OCH3 is 1. The van der Waals surface area contributed by atoms with E-state index in [9.17, 15) is 14.4 Å². The van der Waals surface area contributed by atoms with Crippen LogP contribution in [0.25, 0.3) is 0 Å². The van der Waals surface area contributed by atoms with Crippen molar-refractivity contribution in [2.45, 2.75) is 19.4 Å². The van der Waals surface area contributed by atoms with Crippen LogP contribution in [-0.4, -0.2) is 61.8 Å². The van der Waals surface area contributed by atoms with Crippen molar-refractivity contribution in [1.29, 1.82) is 0 Å². The molecular formula is C23H24ClN3O4. The number of Topliss-reactive ketones (excluding diaryl/α,β-unsaturated/α-hetero) is 1. The summed E-state index contributed by atoms with van der Waals surface area (Å²) in [7, 11) is 1.51. The number of anilines is 2. The highest BCUT2D eigenvalue weighted by Gasteiger charge is 2.43. The van der Waals surface area contributed by atoms with Gasteiger partial charge in [-0.1, -0.05) is 11.6 Å². The zero-order chi connectivity index (χ0) is 22.1. The lowest BCUT2D eigenvalue weighted by molar-refractivity contribution is -0.123. The maximum atomic E-state index is 13.1. The molecule has 0 aliphatic carbocycles. The highest BCUT2D eigenvalue weighted by molar-refractivity contribution is 6.33. The molecule has 0 unspecified atom stereocenters. The molecule has 2 aromatic rings. The van der Waals surface area contributed by atoms with Crippen molar-refractivity contribution in [2.75, 3.05) is 43.1 Å². The Labute approximate surface area is 186 Å². The Balaban J connectivity index is 1.42. The summed E-state index contributed by atoms with van der Waals surface area (Å²) in [6.07, 6.45) is 0.162. The summed E-state index contributed by atoms with van der Waals surface area (Å²) < 4.78 is 5.15. The molecule has 0 spiro atoms. The molecule has 2 fully saturated rings. The molecule has 31 heavy (non-hydrogen) atoms. The average Bonchev–Trinajstić information content (AvgIpc) is 3.07. The number of hydrogen-bond acceptors (Lipinski definition) is 6. The van der Waals surface area contributed by atoms with Crippen molar-refractivity contribution in [3.8, 4) is 5.75 Å². The Morgan fingerprint density at radius 2 is 1.65 bits per heavy atom. The summed E-state index contributed by atoms with van der Waals surface area (Å²) in [5.41, 5.74) is 2.21. The lowest BCUT2D eigenvalue weighted by atomic mass is 10.1. The van der Waals surface area contributed by atoms with Crippen LogP contribution in [0.4, 0.5) is 11.4 Å². The monoisotopic (exact) mass is 441 g/mol. The minimum absolute atomic E-state index is 0.0449. The third-order valence-corrected chi connectivity index (χ3v) is 6.21. The van der Waals surface area contributed by atoms with Crippen LogP contribution in [0, 0.1) is 0 Å². The quantitative estimate of drug-likeness (QED) is 0.524. The number of ether oxygens (including phenoxy) is 1. The molecule has 2 saturated heterocycles. The number of imide groups is 1. The van der Waals surface area contributed by atoms with Crippen LogP contribution < -0.4 is 14.5 Å². The topological polar surface area (TPSA) is 70.2 Å². The van der Waals surface area contributed by atoms with Crippen LogP contribution in [0.2, 0.25) is 5.02 Å². The Kier molecular flexibility index (Phi) is 5.98. The van der Waals surface area contributed by atoms with Crippen LogP contribution in [0.5, 0.6) is 5.75 Å². The molecule has 4 rings (SSSR count). The summed E-state index contributed by atoms with van der Waals surface area (Å²) in [5.74, 6) is 0.0981. The van der Waals surface area contributed by atoms with Gasteiger partial charge in [0.05, 0.1) is 30.3 Å². The van der Waals surface area contributed by atoms with Crippen LogP contribution in [0.1, 0.15) is 23.7 Å². The maximum absolute atomic E-state index is 13.1. The standard InChI is InChI=1S/C23H24ClN3O4/c1-15(28)16-3-5-17(6-4-16)25-9-11-26(12-10-25)20-14-22(29)27(23(20)30)18-7-8-21(31-2)19(24)13-18/h3-8,13,20H,9-12,14H2,1-2H3/t20-/m1/s1. The van der Waals surface area contributed by atoms with E-state index in [1.54, 1.807) is 25.1 Å². The van der Waals surface area contributed by atoms with Gasteiger partial charge >= 0.3 is 0 Å². The molecule has 0 N–H and O–H groups in total. The van der Waals surface area contributed by atoms with Crippen molar-refractivity contribution in [1.82, 2.24) is 4.90 Å². The molecule has 0 radical (unpaired) electrons. The summed E-state index contributed by atoms with van der Waals surface area (Å²) in [5, 5.41) is 0.355. The number of carbonyl (C=O) groups is 3. The molecule has 2 aliphatic rings. The molecule has 2 aliphatic heterocycles. The van der Waals surface area contributed by atoms with Crippen LogP contribution in [0.3, 0.4) is 0 Å². The van der Waals surface area contributed by atoms with Gasteiger partial charge in [0.25, 0.3) is 5.91 Å². The predicted octanol–water partition coefficient (Wildman–Crippen LogP) is 3.01. The number of ketones is 1. The van der Waals surface area contributed by atoms with Gasteiger partial charge < -0.3 is 9.64 Å². The molecular weight excluding hydrogens is 418 g/mol. The highest BCUT2D eigenvalue weighted by Crippen LogP contribution is 2.33. The summed E-state index contributed by atoms with van der Waals surface area (Å²) in [6.45, 7) is 4.39. The van der Waals surface area contributed by atoms with E-state index in [-0.39, 0.29) is 24.0 Å². The van der Waals surface area contributed by atoms with E-state index >= 15 is 0 Å². The number of nitrogens with zero attached hydrogens (tertiary/aromatic N) is 3. The SMILES string of the molecule is COc1ccc(N2C(=O)C[C@@H](N3CCN(c4ccc(C(C)=O)cc4)CC3)C2=O)cc1Cl. The normalized spacial score (nSPS) is 19.8. The Morgan fingerprint density at radius 1 is 1.00 bits per heavy atom. The third-order valence-electron chi connectivity index (χ3n) is 5.91. The molecule has 7 nitrogen and oxygen atoms in total. The van der Waals surface area contributed by atoms with E-state index in [4.69, 9.17) is 16.3 Å². The van der Waals surface area contributed by atoms with E-state index in [2.05, 4.69) is 9.80 Å². The molecule has 2 amide bonds. The number of halogens is 1. The summed E-state index contributed by atoms with van der Waals surface area (Å²) in [4.78, 5) is 42.7. The van der Waals surface area contributed by atoms with Crippen molar-refractivity contribution >= 4 is 40.6 Å². The number of piperazine rings is 1. The molecule has 0 bridgehead atoms. The van der Waals surface area contributed by atoms with E-state index in [0.717, 1.165) is 18.8 Å². The second-order valence-corrected chi connectivity index (χ2v) is 8.14. The number of amides is 2. The van der Waals surface area contributed by atoms with Gasteiger partial charge in [0, 0.05) is 37.4 Å². The van der Waals surface area contributed by atoms with Crippen LogP contribution in [0.15, 0.2) is 42.5 Å². The fourth-order valence-corrected chi connectivity index (χ4v) is 4.42. The highest BCUT2D eigenvalue weighted by atomic mass is 35.5. The zero-order valence-electron chi connectivity index (χ0n) is 17.5. The molecule has 2 heterocycles. The molecule has 0 aromatic heterocycles. The van der Waals surface area contributed by atoms with E-state index in [1.165, 1.54) is 12.0 Å². The van der Waals surface area contributed by atoms with Gasteiger partial charge in [0.15, 0.2) is 5.78 Å². The molecule has 0 saturated carbocycles. The zero-order valence-corrected chi connectivity index (χ0v) is 18.3. The van der Waals surface area contributed by atoms with Crippen molar-refractivity contribution in [3.63, 3.8) is 0 Å². The smallest absolute Gasteiger partial charge is 0.251 e. The van der Waals surface area contributed by atoms with E-state index in [0.29, 0.717) is 35.1 Å². The van der Waals surface area contributed by atoms with Gasteiger partial charge in [-0.15, -0.1) is 0 Å². The Morgan fingerprint density at radius 3 is 2.23 bits per heavy atom. The molecule has 8 heteroatoms. The second-order valence-electron chi connectivity index (χ2n) is 7.73. The van der Waals surface area contributed by atoms with Crippen LogP contribution in [-0.2, 0) is 9.59 Å². The summed E-state index contributed by atoms with van der Waals surface area (Å²) in [6, 6.07) is 12.0. The number of hydrogen-bond donors (Lipinski definition) is 0. The van der Waals surface area contributed by atoms with Gasteiger partial charge in [0.2, 0.25) is 5.91 Å². The van der Waals surface area contributed by atoms with Crippen molar-refractivity contribution < 1.29 is 19.1 Å². The number of rotatable bonds is 5. The minimum atomic E-state index is -0.462. The largest absolute Gasteiger partial charge is 0.495 e. The summed E-state index contributed by atoms with van der Waals surface area (Å²) >= 11 is 6.18. The Bertz CT molecular complexity index is 1020. The van der Waals surface area contributed by atoms with Gasteiger partial charge in [-0.05, 0) is 49.4 Å². The predicted molar refractivity (Wildman–Crippen MR) is 119 cm³/mol. The molecule has 162 valence electrons. The van der Waals surface area contributed by atoms with Gasteiger partial charge in [0.1, 0.15) is 5.75 Å². The average molecular weight is 442 g/mol. The van der Waals surface area contributed by atoms with Crippen LogP contribution >= 0.6 is 11.6 Å². The first-order valence-corrected chi connectivity index (χ1v) is 10.6. The van der Waals surface area contributed by atoms with E-state index < -0.39 is 6.04 Å². The van der Waals surface area contributed by atoms with Crippen molar-refractivity contribution in [2.24, 2.45) is 0 Å². The first-order valence-electron chi connectivity index (χ1n) is 10.2. The van der Waals surface area contributed by atoms with Gasteiger partial charge in [-0.25, -0.2) is 4.90 Å². The number of benzene rings is 2. The molecule has 2 aromatic carbocycles. The first-order chi connectivity index (χ1) is 14.9. The Hall–Kier alpha value is -2.90. The minimum Gasteiger partial charge on any atom is -0.495 e. The lowest BCUT2D eigenvalue weighted by Crippen LogP contribution is -2.52. The second kappa shape index (κ2) is 8.69. The number of carbonyl (C=O) groups excluding carboxylic acids is 3. The fourth-order valence-electron chi connectivity index (χ4n) is 4.17. The molecule has 1 atom stereocenters. The van der Waals surface area contributed by atoms with Crippen molar-refractivity contribution in [3.05, 3.63) is 53.1 Å². The fraction of sp³-hybridized carbons (Fsp3) is 0.348. The first kappa shape index (κ1) is 21.3. The van der Waals surface area contributed by atoms with Gasteiger partial charge in [-0.2, -0.15) is 0 Å². The van der Waals surface area contributed by atoms with Gasteiger partial charge in [-0.3, -0.25) is 19.3 Å². The lowest BCUT2D eigenvalue weighted by Gasteiger charge is -2.38. The van der Waals surface area contributed by atoms with E-state index in [1.807, 2.05) is 24.3 Å².